The molecule has 10 heavy (non-hydrogen) atoms. The third-order valence-corrected chi connectivity index (χ3v) is 2.52. The largest absolute Gasteiger partial charge is 0.388 e. The molecule has 0 aliphatic heterocycles. The van der Waals surface area contributed by atoms with Crippen molar-refractivity contribution in [3.05, 3.63) is 21.9 Å². The zero-order valence-corrected chi connectivity index (χ0v) is 7.11. The molecule has 1 aromatic heterocycles. The minimum atomic E-state index is -0.258. The van der Waals surface area contributed by atoms with E-state index in [2.05, 4.69) is 5.38 Å². The molecule has 0 aromatic carbocycles. The first-order valence-corrected chi connectivity index (χ1v) is 4.40. The summed E-state index contributed by atoms with van der Waals surface area (Å²) in [6.45, 7) is 4.02. The fourth-order valence-electron chi connectivity index (χ4n) is 0.932. The lowest BCUT2D eigenvalue weighted by Gasteiger charge is -2.05. The Labute approximate surface area is 65.3 Å². The number of hydrogen-bond acceptors (Lipinski definition) is 2. The maximum atomic E-state index is 9.41. The fourth-order valence-corrected chi connectivity index (χ4v) is 1.83. The molecule has 0 amide bonds. The third-order valence-electron chi connectivity index (χ3n) is 1.64. The summed E-state index contributed by atoms with van der Waals surface area (Å²) in [5, 5.41) is 13.5. The number of hydrogen-bond donors (Lipinski definition) is 1. The lowest BCUT2D eigenvalue weighted by Crippen LogP contribution is -1.93. The molecule has 0 saturated carbocycles. The predicted molar refractivity (Wildman–Crippen MR) is 44.3 cm³/mol. The number of thiophene rings is 1. The summed E-state index contributed by atoms with van der Waals surface area (Å²) >= 11 is 1.65. The van der Waals surface area contributed by atoms with Crippen LogP contribution in [0.5, 0.6) is 0 Å². The number of aliphatic hydroxyl groups is 1. The molecule has 0 radical (unpaired) electrons. The highest BCUT2D eigenvalue weighted by Gasteiger charge is 2.07. The van der Waals surface area contributed by atoms with E-state index in [0.717, 1.165) is 12.0 Å². The molecule has 2 heteroatoms. The molecule has 1 heterocycles. The Balaban J connectivity index is 2.82. The van der Waals surface area contributed by atoms with Crippen molar-refractivity contribution in [2.75, 3.05) is 0 Å². The van der Waals surface area contributed by atoms with Gasteiger partial charge in [0.1, 0.15) is 0 Å². The summed E-state index contributed by atoms with van der Waals surface area (Å²) in [7, 11) is 0. The van der Waals surface area contributed by atoms with Gasteiger partial charge in [0.2, 0.25) is 0 Å². The van der Waals surface area contributed by atoms with Crippen LogP contribution in [0.25, 0.3) is 0 Å². The van der Waals surface area contributed by atoms with E-state index in [0.29, 0.717) is 0 Å². The van der Waals surface area contributed by atoms with Crippen molar-refractivity contribution in [3.63, 3.8) is 0 Å². The van der Waals surface area contributed by atoms with E-state index in [1.54, 1.807) is 11.3 Å². The zero-order chi connectivity index (χ0) is 7.56. The molecule has 0 unspecified atom stereocenters. The molecule has 1 rings (SSSR count). The Bertz CT molecular complexity index is 205. The van der Waals surface area contributed by atoms with Crippen molar-refractivity contribution in [3.8, 4) is 0 Å². The zero-order valence-electron chi connectivity index (χ0n) is 6.29. The van der Waals surface area contributed by atoms with Gasteiger partial charge in [-0.2, -0.15) is 11.3 Å². The monoisotopic (exact) mass is 156 g/mol. The summed E-state index contributed by atoms with van der Waals surface area (Å²) in [6, 6.07) is 0. The molecule has 0 spiro atoms. The van der Waals surface area contributed by atoms with Gasteiger partial charge in [-0.1, -0.05) is 6.92 Å². The summed E-state index contributed by atoms with van der Waals surface area (Å²) in [5.74, 6) is 0. The average Bonchev–Trinajstić information content (AvgIpc) is 2.34. The highest BCUT2D eigenvalue weighted by atomic mass is 32.1. The Morgan fingerprint density at radius 2 is 2.30 bits per heavy atom. The Kier molecular flexibility index (Phi) is 2.46. The molecule has 1 aromatic rings. The van der Waals surface area contributed by atoms with Crippen molar-refractivity contribution in [1.29, 1.82) is 0 Å². The number of aliphatic hydroxyl groups excluding tert-OH is 1. The van der Waals surface area contributed by atoms with Gasteiger partial charge in [-0.3, -0.25) is 0 Å². The molecular weight excluding hydrogens is 144 g/mol. The lowest BCUT2D eigenvalue weighted by atomic mass is 10.1. The summed E-state index contributed by atoms with van der Waals surface area (Å²) in [6.07, 6.45) is 0.545. The van der Waals surface area contributed by atoms with Crippen LogP contribution in [0.15, 0.2) is 10.8 Å². The van der Waals surface area contributed by atoms with E-state index in [1.807, 2.05) is 19.2 Å². The Morgan fingerprint density at radius 1 is 1.60 bits per heavy atom. The maximum Gasteiger partial charge on any atom is 0.0798 e. The van der Waals surface area contributed by atoms with Gasteiger partial charge in [0, 0.05) is 0 Å². The highest BCUT2D eigenvalue weighted by Crippen LogP contribution is 2.23. The molecule has 0 aliphatic carbocycles. The molecule has 0 fully saturated rings. The standard InChI is InChI=1S/C8H12OS/c1-3-8(9)7-5-10-4-6(7)2/h4-5,8-9H,3H2,1-2H3/t8-/m0/s1. The summed E-state index contributed by atoms with van der Waals surface area (Å²) in [5.41, 5.74) is 2.30. The van der Waals surface area contributed by atoms with Crippen molar-refractivity contribution >= 4 is 11.3 Å². The van der Waals surface area contributed by atoms with Crippen molar-refractivity contribution in [2.45, 2.75) is 26.4 Å². The van der Waals surface area contributed by atoms with Gasteiger partial charge in [0.15, 0.2) is 0 Å². The van der Waals surface area contributed by atoms with E-state index in [9.17, 15) is 5.11 Å². The quantitative estimate of drug-likeness (QED) is 0.697. The number of aryl methyl sites for hydroxylation is 1. The van der Waals surface area contributed by atoms with Gasteiger partial charge >= 0.3 is 0 Å². The van der Waals surface area contributed by atoms with Crippen LogP contribution in [0.3, 0.4) is 0 Å². The van der Waals surface area contributed by atoms with Crippen LogP contribution in [0.4, 0.5) is 0 Å². The van der Waals surface area contributed by atoms with Crippen LogP contribution < -0.4 is 0 Å². The van der Waals surface area contributed by atoms with E-state index in [1.165, 1.54) is 5.56 Å². The molecular formula is C8H12OS. The Hall–Kier alpha value is -0.340. The molecule has 1 atom stereocenters. The van der Waals surface area contributed by atoms with Crippen LogP contribution in [0, 0.1) is 6.92 Å². The minimum Gasteiger partial charge on any atom is -0.388 e. The van der Waals surface area contributed by atoms with Gasteiger partial charge in [-0.15, -0.1) is 0 Å². The fraction of sp³-hybridized carbons (Fsp3) is 0.500. The van der Waals surface area contributed by atoms with Crippen molar-refractivity contribution in [2.24, 2.45) is 0 Å². The van der Waals surface area contributed by atoms with Gasteiger partial charge < -0.3 is 5.11 Å². The second kappa shape index (κ2) is 3.17. The van der Waals surface area contributed by atoms with Crippen molar-refractivity contribution < 1.29 is 5.11 Å². The van der Waals surface area contributed by atoms with Crippen LogP contribution in [-0.4, -0.2) is 5.11 Å². The molecule has 56 valence electrons. The van der Waals surface area contributed by atoms with E-state index in [-0.39, 0.29) is 6.10 Å². The molecule has 1 nitrogen and oxygen atoms in total. The Morgan fingerprint density at radius 3 is 2.70 bits per heavy atom. The number of rotatable bonds is 2. The van der Waals surface area contributed by atoms with Crippen molar-refractivity contribution in [1.82, 2.24) is 0 Å². The van der Waals surface area contributed by atoms with Gasteiger partial charge in [-0.25, -0.2) is 0 Å². The average molecular weight is 156 g/mol. The topological polar surface area (TPSA) is 20.2 Å². The second-order valence-corrected chi connectivity index (χ2v) is 3.18. The SMILES string of the molecule is CC[C@H](O)c1cscc1C. The van der Waals surface area contributed by atoms with Crippen LogP contribution in [0.2, 0.25) is 0 Å². The van der Waals surface area contributed by atoms with E-state index in [4.69, 9.17) is 0 Å². The first kappa shape index (κ1) is 7.76. The normalized spacial score (nSPS) is 13.5. The second-order valence-electron chi connectivity index (χ2n) is 2.43. The van der Waals surface area contributed by atoms with E-state index >= 15 is 0 Å². The molecule has 0 bridgehead atoms. The van der Waals surface area contributed by atoms with Gasteiger partial charge in [0.05, 0.1) is 6.10 Å². The van der Waals surface area contributed by atoms with Gasteiger partial charge in [0.25, 0.3) is 0 Å². The first-order chi connectivity index (χ1) is 4.75. The lowest BCUT2D eigenvalue weighted by molar-refractivity contribution is 0.173. The molecule has 0 saturated heterocycles. The highest BCUT2D eigenvalue weighted by molar-refractivity contribution is 7.08. The first-order valence-electron chi connectivity index (χ1n) is 3.46. The molecule has 1 N–H and O–H groups in total. The van der Waals surface area contributed by atoms with E-state index < -0.39 is 0 Å². The minimum absolute atomic E-state index is 0.258. The summed E-state index contributed by atoms with van der Waals surface area (Å²) in [4.78, 5) is 0. The predicted octanol–water partition coefficient (Wildman–Crippen LogP) is 2.50. The third kappa shape index (κ3) is 1.39. The summed E-state index contributed by atoms with van der Waals surface area (Å²) < 4.78 is 0. The van der Waals surface area contributed by atoms with Crippen LogP contribution in [0.1, 0.15) is 30.6 Å². The van der Waals surface area contributed by atoms with Gasteiger partial charge in [-0.05, 0) is 35.2 Å². The van der Waals surface area contributed by atoms with Crippen LogP contribution in [-0.2, 0) is 0 Å². The molecule has 0 aliphatic rings. The smallest absolute Gasteiger partial charge is 0.0798 e. The van der Waals surface area contributed by atoms with Crippen LogP contribution >= 0.6 is 11.3 Å². The maximum absolute atomic E-state index is 9.41.